The lowest BCUT2D eigenvalue weighted by Crippen LogP contribution is -2.46. The molecular formula is C23H39NO8. The number of hydrogen-bond donors (Lipinski definition) is 2. The van der Waals surface area contributed by atoms with Crippen molar-refractivity contribution < 1.29 is 38.5 Å². The van der Waals surface area contributed by atoms with E-state index in [9.17, 15) is 24.3 Å². The van der Waals surface area contributed by atoms with E-state index in [2.05, 4.69) is 5.32 Å². The first kappa shape index (κ1) is 27.9. The Morgan fingerprint density at radius 3 is 1.97 bits per heavy atom. The van der Waals surface area contributed by atoms with Crippen molar-refractivity contribution in [2.45, 2.75) is 104 Å². The largest absolute Gasteiger partial charge is 0.461 e. The second-order valence-corrected chi connectivity index (χ2v) is 9.00. The van der Waals surface area contributed by atoms with Crippen molar-refractivity contribution in [2.24, 2.45) is 17.8 Å². The minimum Gasteiger partial charge on any atom is -0.461 e. The molecule has 0 spiro atoms. The molecule has 0 aromatic rings. The third kappa shape index (κ3) is 8.41. The van der Waals surface area contributed by atoms with Crippen molar-refractivity contribution in [1.29, 1.82) is 0 Å². The number of rotatable bonds is 12. The van der Waals surface area contributed by atoms with E-state index in [1.807, 2.05) is 34.6 Å². The van der Waals surface area contributed by atoms with Gasteiger partial charge in [0.05, 0.1) is 17.9 Å². The van der Waals surface area contributed by atoms with E-state index in [4.69, 9.17) is 14.2 Å². The van der Waals surface area contributed by atoms with Gasteiger partial charge in [0.1, 0.15) is 24.4 Å². The Balaban J connectivity index is 0.000000389. The molecule has 0 saturated carbocycles. The summed E-state index contributed by atoms with van der Waals surface area (Å²) >= 11 is 0. The molecule has 2 N–H and O–H groups in total. The molecule has 0 bridgehead atoms. The van der Waals surface area contributed by atoms with Gasteiger partial charge in [0.2, 0.25) is 6.41 Å². The van der Waals surface area contributed by atoms with Crippen LogP contribution in [0, 0.1) is 17.8 Å². The van der Waals surface area contributed by atoms with Crippen LogP contribution in [-0.4, -0.2) is 59.9 Å². The molecule has 0 aromatic heterocycles. The van der Waals surface area contributed by atoms with Crippen molar-refractivity contribution in [2.75, 3.05) is 0 Å². The summed E-state index contributed by atoms with van der Waals surface area (Å²) in [6.45, 7) is 11.4. The van der Waals surface area contributed by atoms with Gasteiger partial charge in [-0.3, -0.25) is 14.4 Å². The highest BCUT2D eigenvalue weighted by Gasteiger charge is 2.40. The fourth-order valence-electron chi connectivity index (χ4n) is 3.40. The third-order valence-electron chi connectivity index (χ3n) is 5.86. The van der Waals surface area contributed by atoms with Gasteiger partial charge in [-0.25, -0.2) is 4.79 Å². The summed E-state index contributed by atoms with van der Waals surface area (Å²) in [5, 5.41) is 11.7. The summed E-state index contributed by atoms with van der Waals surface area (Å²) in [6, 6.07) is -0.627. The topological polar surface area (TPSA) is 128 Å². The molecule has 2 rings (SSSR count). The average Bonchev–Trinajstić information content (AvgIpc) is 2.76. The molecule has 2 fully saturated rings. The molecule has 9 heteroatoms. The molecule has 7 atom stereocenters. The van der Waals surface area contributed by atoms with Crippen molar-refractivity contribution >= 4 is 24.3 Å². The number of ether oxygens (including phenoxy) is 3. The molecule has 0 unspecified atom stereocenters. The maximum Gasteiger partial charge on any atom is 0.328 e. The van der Waals surface area contributed by atoms with E-state index < -0.39 is 12.0 Å². The summed E-state index contributed by atoms with van der Waals surface area (Å²) in [5.74, 6) is -0.669. The average molecular weight is 458 g/mol. The maximum atomic E-state index is 12.1. The smallest absolute Gasteiger partial charge is 0.328 e. The third-order valence-corrected chi connectivity index (χ3v) is 5.86. The predicted molar refractivity (Wildman–Crippen MR) is 116 cm³/mol. The van der Waals surface area contributed by atoms with Gasteiger partial charge in [0, 0.05) is 12.8 Å². The zero-order valence-electron chi connectivity index (χ0n) is 20.0. The van der Waals surface area contributed by atoms with Gasteiger partial charge in [-0.1, -0.05) is 27.7 Å². The number of amides is 1. The van der Waals surface area contributed by atoms with Crippen molar-refractivity contribution in [3.63, 3.8) is 0 Å². The summed E-state index contributed by atoms with van der Waals surface area (Å²) in [7, 11) is 0. The Labute approximate surface area is 190 Å². The molecule has 2 heterocycles. The Bertz CT molecular complexity index is 637. The van der Waals surface area contributed by atoms with Crippen LogP contribution in [0.1, 0.15) is 73.6 Å². The van der Waals surface area contributed by atoms with E-state index in [0.29, 0.717) is 32.1 Å². The lowest BCUT2D eigenvalue weighted by molar-refractivity contribution is -0.188. The predicted octanol–water partition coefficient (Wildman–Crippen LogP) is 2.13. The molecule has 0 radical (unpaired) electrons. The second kappa shape index (κ2) is 13.4. The van der Waals surface area contributed by atoms with Crippen LogP contribution in [0.2, 0.25) is 0 Å². The van der Waals surface area contributed by atoms with Gasteiger partial charge in [0.25, 0.3) is 0 Å². The fourth-order valence-corrected chi connectivity index (χ4v) is 3.40. The molecule has 32 heavy (non-hydrogen) atoms. The number of aliphatic hydroxyl groups excluding tert-OH is 1. The number of esters is 3. The summed E-state index contributed by atoms with van der Waals surface area (Å²) in [6.07, 6.45) is 2.65. The Morgan fingerprint density at radius 2 is 1.59 bits per heavy atom. The zero-order chi connectivity index (χ0) is 24.4. The summed E-state index contributed by atoms with van der Waals surface area (Å²) in [4.78, 5) is 44.4. The fraction of sp³-hybridized carbons (Fsp3) is 0.826. The number of carbonyl (C=O) groups excluding carboxylic acids is 4. The number of cyclic esters (lactones) is 2. The first-order valence-corrected chi connectivity index (χ1v) is 11.5. The van der Waals surface area contributed by atoms with Gasteiger partial charge < -0.3 is 24.6 Å². The van der Waals surface area contributed by atoms with Gasteiger partial charge in [-0.05, 0) is 39.0 Å². The molecular weight excluding hydrogens is 418 g/mol. The summed E-state index contributed by atoms with van der Waals surface area (Å²) in [5.41, 5.74) is 0. The molecule has 0 aliphatic carbocycles. The monoisotopic (exact) mass is 457 g/mol. The van der Waals surface area contributed by atoms with Crippen LogP contribution in [0.15, 0.2) is 0 Å². The highest BCUT2D eigenvalue weighted by Crippen LogP contribution is 2.27. The molecule has 0 aromatic carbocycles. The van der Waals surface area contributed by atoms with E-state index in [1.54, 1.807) is 6.92 Å². The highest BCUT2D eigenvalue weighted by atomic mass is 16.6. The molecule has 2 aliphatic heterocycles. The van der Waals surface area contributed by atoms with Crippen molar-refractivity contribution in [3.8, 4) is 0 Å². The first-order valence-electron chi connectivity index (χ1n) is 11.5. The van der Waals surface area contributed by atoms with E-state index in [-0.39, 0.29) is 54.1 Å². The van der Waals surface area contributed by atoms with E-state index >= 15 is 0 Å². The minimum absolute atomic E-state index is 0.0174. The Kier molecular flexibility index (Phi) is 11.7. The highest BCUT2D eigenvalue weighted by molar-refractivity contribution is 5.79. The normalized spacial score (nSPS) is 26.8. The van der Waals surface area contributed by atoms with E-state index in [1.165, 1.54) is 0 Å². The van der Waals surface area contributed by atoms with Crippen LogP contribution in [0.4, 0.5) is 0 Å². The number of hydrogen-bond acceptors (Lipinski definition) is 8. The SMILES string of the molecule is CC[C@@H](C[C@@H]1OC(=O)[C@H]1C)OC(=O)[C@H](CC(C)C)NC=O.CC[C@@H](O)C[C@@H]1OC(=O)[C@H]1C. The standard InChI is InChI=1S/C15H25NO5.C8H14O3/c1-5-11(7-13-10(4)14(18)21-13)20-15(19)12(16-8-17)6-9(2)3;1-3-6(9)4-7-5(2)8(10)11-7/h8-13H,5-7H2,1-4H3,(H,16,17);5-7,9H,3-4H2,1-2H3/t10-,11-,12-,13-;5-,6+,7-/m00/s1. The molecule has 2 saturated heterocycles. The minimum atomic E-state index is -0.627. The molecule has 1 amide bonds. The Morgan fingerprint density at radius 1 is 1.06 bits per heavy atom. The van der Waals surface area contributed by atoms with Gasteiger partial charge in [-0.15, -0.1) is 0 Å². The van der Waals surface area contributed by atoms with Crippen LogP contribution >= 0.6 is 0 Å². The molecule has 184 valence electrons. The van der Waals surface area contributed by atoms with Gasteiger partial charge in [0.15, 0.2) is 0 Å². The van der Waals surface area contributed by atoms with Crippen LogP contribution in [0.5, 0.6) is 0 Å². The lowest BCUT2D eigenvalue weighted by Gasteiger charge is -2.35. The van der Waals surface area contributed by atoms with Crippen molar-refractivity contribution in [3.05, 3.63) is 0 Å². The zero-order valence-corrected chi connectivity index (χ0v) is 20.0. The second-order valence-electron chi connectivity index (χ2n) is 9.00. The quantitative estimate of drug-likeness (QED) is 0.259. The maximum absolute atomic E-state index is 12.1. The number of nitrogens with one attached hydrogen (secondary N) is 1. The van der Waals surface area contributed by atoms with Gasteiger partial charge >= 0.3 is 17.9 Å². The first-order chi connectivity index (χ1) is 15.0. The van der Waals surface area contributed by atoms with E-state index in [0.717, 1.165) is 6.42 Å². The molecule has 2 aliphatic rings. The van der Waals surface area contributed by atoms with Crippen LogP contribution < -0.4 is 5.32 Å². The van der Waals surface area contributed by atoms with Crippen LogP contribution in [0.3, 0.4) is 0 Å². The number of aliphatic hydroxyl groups is 1. The molecule has 9 nitrogen and oxygen atoms in total. The van der Waals surface area contributed by atoms with Crippen molar-refractivity contribution in [1.82, 2.24) is 5.32 Å². The Hall–Kier alpha value is -2.16. The lowest BCUT2D eigenvalue weighted by atomic mass is 9.93. The van der Waals surface area contributed by atoms with Gasteiger partial charge in [-0.2, -0.15) is 0 Å². The van der Waals surface area contributed by atoms with Crippen LogP contribution in [-0.2, 0) is 33.4 Å². The number of carbonyl (C=O) groups is 4. The summed E-state index contributed by atoms with van der Waals surface area (Å²) < 4.78 is 15.3. The van der Waals surface area contributed by atoms with Crippen LogP contribution in [0.25, 0.3) is 0 Å².